The molecule has 6 rings (SSSR count). The highest BCUT2D eigenvalue weighted by atomic mass is 15.0. The molecule has 144 valence electrons. The molecule has 0 amide bonds. The number of benzene rings is 4. The summed E-state index contributed by atoms with van der Waals surface area (Å²) >= 11 is 0. The lowest BCUT2D eigenvalue weighted by Gasteiger charge is -2.04. The molecule has 0 atom stereocenters. The van der Waals surface area contributed by atoms with Crippen LogP contribution in [0.4, 0.5) is 0 Å². The quantitative estimate of drug-likeness (QED) is 0.296. The lowest BCUT2D eigenvalue weighted by molar-refractivity contribution is 1.13. The molecule has 6 aromatic rings. The number of hydrogen-bond donors (Lipinski definition) is 0. The predicted octanol–water partition coefficient (Wildman–Crippen LogP) is 7.26. The van der Waals surface area contributed by atoms with Crippen molar-refractivity contribution in [2.45, 2.75) is 0 Å². The van der Waals surface area contributed by atoms with Gasteiger partial charge in [0.2, 0.25) is 0 Å². The number of rotatable bonds is 2. The molecule has 0 N–H and O–H groups in total. The third-order valence-corrected chi connectivity index (χ3v) is 5.27. The Kier molecular flexibility index (Phi) is 4.89. The van der Waals surface area contributed by atoms with Gasteiger partial charge in [0, 0.05) is 23.8 Å². The molecule has 0 saturated heterocycles. The maximum atomic E-state index is 2.20. The fraction of sp³-hybridized carbons (Fsp3) is 0. The molecule has 2 nitrogen and oxygen atoms in total. The van der Waals surface area contributed by atoms with Crippen molar-refractivity contribution in [3.63, 3.8) is 0 Å². The van der Waals surface area contributed by atoms with Crippen LogP contribution in [0.1, 0.15) is 0 Å². The van der Waals surface area contributed by atoms with Gasteiger partial charge in [-0.05, 0) is 59.3 Å². The van der Waals surface area contributed by atoms with Gasteiger partial charge in [0.1, 0.15) is 0 Å². The molecular formula is C28H22N2. The highest BCUT2D eigenvalue weighted by molar-refractivity contribution is 5.82. The Hall–Kier alpha value is -4.04. The van der Waals surface area contributed by atoms with Gasteiger partial charge in [0.05, 0.1) is 11.0 Å². The van der Waals surface area contributed by atoms with Gasteiger partial charge in [-0.1, -0.05) is 72.8 Å². The summed E-state index contributed by atoms with van der Waals surface area (Å²) in [6.07, 6.45) is 4.22. The van der Waals surface area contributed by atoms with Crippen molar-refractivity contribution in [3.05, 3.63) is 134 Å². The van der Waals surface area contributed by atoms with Gasteiger partial charge in [-0.3, -0.25) is 0 Å². The van der Waals surface area contributed by atoms with Crippen LogP contribution in [0, 0.1) is 0 Å². The van der Waals surface area contributed by atoms with Crippen LogP contribution in [-0.4, -0.2) is 9.13 Å². The van der Waals surface area contributed by atoms with Gasteiger partial charge in [-0.2, -0.15) is 0 Å². The molecule has 0 aliphatic rings. The zero-order chi connectivity index (χ0) is 20.2. The molecule has 2 aromatic heterocycles. The molecular weight excluding hydrogens is 364 g/mol. The van der Waals surface area contributed by atoms with E-state index in [0.29, 0.717) is 0 Å². The van der Waals surface area contributed by atoms with E-state index in [2.05, 4.69) is 131 Å². The lowest BCUT2D eigenvalue weighted by atomic mass is 10.2. The molecule has 30 heavy (non-hydrogen) atoms. The molecule has 2 heteroatoms. The van der Waals surface area contributed by atoms with Crippen molar-refractivity contribution in [1.82, 2.24) is 9.13 Å². The first kappa shape index (κ1) is 18.0. The van der Waals surface area contributed by atoms with E-state index in [9.17, 15) is 0 Å². The maximum Gasteiger partial charge on any atom is 0.0528 e. The third-order valence-electron chi connectivity index (χ3n) is 5.27. The summed E-state index contributed by atoms with van der Waals surface area (Å²) in [5, 5.41) is 2.56. The summed E-state index contributed by atoms with van der Waals surface area (Å²) in [5.41, 5.74) is 4.92. The van der Waals surface area contributed by atoms with Gasteiger partial charge in [-0.25, -0.2) is 0 Å². The summed E-state index contributed by atoms with van der Waals surface area (Å²) in [4.78, 5) is 0. The van der Waals surface area contributed by atoms with Crippen LogP contribution < -0.4 is 0 Å². The van der Waals surface area contributed by atoms with E-state index in [1.54, 1.807) is 0 Å². The van der Waals surface area contributed by atoms with Gasteiger partial charge in [0.15, 0.2) is 0 Å². The Morgan fingerprint density at radius 2 is 0.700 bits per heavy atom. The lowest BCUT2D eigenvalue weighted by Crippen LogP contribution is -1.89. The minimum Gasteiger partial charge on any atom is -0.317 e. The van der Waals surface area contributed by atoms with E-state index in [4.69, 9.17) is 0 Å². The Bertz CT molecular complexity index is 1270. The SMILES string of the molecule is c1ccc(-n2ccc3ccccc32)cc1.c1ccc(-n2ccc3ccccc32)cc1. The average Bonchev–Trinajstić information content (AvgIpc) is 3.45. The van der Waals surface area contributed by atoms with Crippen LogP contribution in [0.15, 0.2) is 134 Å². The molecule has 0 unspecified atom stereocenters. The molecule has 0 saturated carbocycles. The summed E-state index contributed by atoms with van der Waals surface area (Å²) in [5.74, 6) is 0. The summed E-state index contributed by atoms with van der Waals surface area (Å²) < 4.78 is 4.41. The van der Waals surface area contributed by atoms with Crippen LogP contribution in [0.3, 0.4) is 0 Å². The second-order valence-corrected chi connectivity index (χ2v) is 7.16. The third kappa shape index (κ3) is 3.51. The standard InChI is InChI=1S/2C14H11N/c2*1-2-7-13(8-3-1)15-11-10-12-6-4-5-9-14(12)15/h2*1-11H. The maximum absolute atomic E-state index is 2.20. The molecule has 0 radical (unpaired) electrons. The first-order valence-corrected chi connectivity index (χ1v) is 10.1. The van der Waals surface area contributed by atoms with Crippen molar-refractivity contribution in [2.24, 2.45) is 0 Å². The second-order valence-electron chi connectivity index (χ2n) is 7.16. The van der Waals surface area contributed by atoms with Crippen molar-refractivity contribution in [2.75, 3.05) is 0 Å². The first-order chi connectivity index (χ1) is 14.9. The molecule has 0 bridgehead atoms. The second kappa shape index (κ2) is 8.14. The average molecular weight is 386 g/mol. The van der Waals surface area contributed by atoms with E-state index < -0.39 is 0 Å². The van der Waals surface area contributed by atoms with E-state index in [0.717, 1.165) is 0 Å². The molecule has 0 aliphatic carbocycles. The Morgan fingerprint density at radius 3 is 1.13 bits per heavy atom. The predicted molar refractivity (Wildman–Crippen MR) is 127 cm³/mol. The van der Waals surface area contributed by atoms with Gasteiger partial charge >= 0.3 is 0 Å². The summed E-state index contributed by atoms with van der Waals surface area (Å²) in [7, 11) is 0. The monoisotopic (exact) mass is 386 g/mol. The first-order valence-electron chi connectivity index (χ1n) is 10.1. The fourth-order valence-electron chi connectivity index (χ4n) is 3.79. The number of hydrogen-bond acceptors (Lipinski definition) is 0. The molecule has 0 aliphatic heterocycles. The van der Waals surface area contributed by atoms with Crippen molar-refractivity contribution < 1.29 is 0 Å². The zero-order valence-corrected chi connectivity index (χ0v) is 16.6. The van der Waals surface area contributed by atoms with Crippen LogP contribution in [0.5, 0.6) is 0 Å². The van der Waals surface area contributed by atoms with Crippen LogP contribution in [0.25, 0.3) is 33.2 Å². The smallest absolute Gasteiger partial charge is 0.0528 e. The van der Waals surface area contributed by atoms with Crippen molar-refractivity contribution >= 4 is 21.8 Å². The number of para-hydroxylation sites is 4. The van der Waals surface area contributed by atoms with Gasteiger partial charge in [-0.15, -0.1) is 0 Å². The van der Waals surface area contributed by atoms with Crippen molar-refractivity contribution in [3.8, 4) is 11.4 Å². The molecule has 2 heterocycles. The Morgan fingerprint density at radius 1 is 0.333 bits per heavy atom. The molecule has 0 fully saturated rings. The highest BCUT2D eigenvalue weighted by Crippen LogP contribution is 2.20. The van der Waals surface area contributed by atoms with Crippen LogP contribution >= 0.6 is 0 Å². The fourth-order valence-corrected chi connectivity index (χ4v) is 3.79. The van der Waals surface area contributed by atoms with Crippen LogP contribution in [0.2, 0.25) is 0 Å². The minimum absolute atomic E-state index is 1.21. The summed E-state index contributed by atoms with van der Waals surface area (Å²) in [6, 6.07) is 41.9. The summed E-state index contributed by atoms with van der Waals surface area (Å²) in [6.45, 7) is 0. The number of fused-ring (bicyclic) bond motifs is 2. The normalized spacial score (nSPS) is 10.7. The van der Waals surface area contributed by atoms with E-state index in [-0.39, 0.29) is 0 Å². The molecule has 0 spiro atoms. The highest BCUT2D eigenvalue weighted by Gasteiger charge is 2.01. The van der Waals surface area contributed by atoms with E-state index in [1.807, 2.05) is 12.1 Å². The largest absolute Gasteiger partial charge is 0.317 e. The number of aromatic nitrogens is 2. The zero-order valence-electron chi connectivity index (χ0n) is 16.6. The van der Waals surface area contributed by atoms with Crippen molar-refractivity contribution in [1.29, 1.82) is 0 Å². The molecule has 4 aromatic carbocycles. The van der Waals surface area contributed by atoms with E-state index in [1.165, 1.54) is 33.2 Å². The Labute approximate surface area is 176 Å². The number of nitrogens with zero attached hydrogens (tertiary/aromatic N) is 2. The van der Waals surface area contributed by atoms with E-state index >= 15 is 0 Å². The Balaban J connectivity index is 0.000000128. The van der Waals surface area contributed by atoms with Gasteiger partial charge in [0.25, 0.3) is 0 Å². The van der Waals surface area contributed by atoms with Crippen LogP contribution in [-0.2, 0) is 0 Å². The van der Waals surface area contributed by atoms with Gasteiger partial charge < -0.3 is 9.13 Å². The topological polar surface area (TPSA) is 9.86 Å². The minimum atomic E-state index is 1.21.